The van der Waals surface area contributed by atoms with E-state index in [4.69, 9.17) is 11.6 Å². The largest absolute Gasteiger partial charge is 0.416 e. The van der Waals surface area contributed by atoms with E-state index in [1.54, 1.807) is 0 Å². The van der Waals surface area contributed by atoms with Crippen molar-refractivity contribution in [2.24, 2.45) is 5.92 Å². The third kappa shape index (κ3) is 4.44. The number of hydrogen-bond donors (Lipinski definition) is 2. The molecule has 1 unspecified atom stereocenters. The van der Waals surface area contributed by atoms with Crippen LogP contribution in [0.25, 0.3) is 0 Å². The summed E-state index contributed by atoms with van der Waals surface area (Å²) in [6, 6.07) is 7.23. The van der Waals surface area contributed by atoms with Crippen LogP contribution in [0.1, 0.15) is 29.2 Å². The smallest absolute Gasteiger partial charge is 0.355 e. The van der Waals surface area contributed by atoms with Gasteiger partial charge in [0.25, 0.3) is 0 Å². The topological polar surface area (TPSA) is 58.2 Å². The van der Waals surface area contributed by atoms with Crippen LogP contribution in [-0.2, 0) is 15.8 Å². The van der Waals surface area contributed by atoms with Gasteiger partial charge in [0.1, 0.15) is 5.82 Å². The molecule has 0 saturated carbocycles. The van der Waals surface area contributed by atoms with Crippen LogP contribution in [0.5, 0.6) is 0 Å². The molecule has 2 amide bonds. The molecule has 0 spiro atoms. The van der Waals surface area contributed by atoms with Crippen LogP contribution in [0, 0.1) is 11.7 Å². The van der Waals surface area contributed by atoms with E-state index in [9.17, 15) is 27.2 Å². The van der Waals surface area contributed by atoms with E-state index in [0.29, 0.717) is 11.1 Å². The van der Waals surface area contributed by atoms with Crippen molar-refractivity contribution in [3.8, 4) is 0 Å². The normalized spacial score (nSPS) is 17.9. The molecule has 1 fully saturated rings. The van der Waals surface area contributed by atoms with Crippen LogP contribution >= 0.6 is 11.6 Å². The minimum Gasteiger partial charge on any atom is -0.355 e. The SMILES string of the molecule is O=C1CC(C(=O)N[C@H](c2ccc(C(F)(F)F)cc2)c2ccc(F)c(Cl)c2)CN1. The Morgan fingerprint density at radius 3 is 2.32 bits per heavy atom. The van der Waals surface area contributed by atoms with E-state index in [2.05, 4.69) is 10.6 Å². The number of carbonyl (C=O) groups excluding carboxylic acids is 2. The number of carbonyl (C=O) groups is 2. The number of hydrogen-bond acceptors (Lipinski definition) is 2. The Balaban J connectivity index is 1.93. The molecular weight excluding hydrogens is 400 g/mol. The molecule has 2 atom stereocenters. The molecule has 0 aliphatic carbocycles. The van der Waals surface area contributed by atoms with Crippen LogP contribution in [0.15, 0.2) is 42.5 Å². The fourth-order valence-electron chi connectivity index (χ4n) is 2.97. The number of nitrogens with one attached hydrogen (secondary N) is 2. The molecule has 0 radical (unpaired) electrons. The quantitative estimate of drug-likeness (QED) is 0.747. The molecule has 1 aliphatic heterocycles. The number of alkyl halides is 3. The molecule has 4 nitrogen and oxygen atoms in total. The molecule has 1 heterocycles. The van der Waals surface area contributed by atoms with Crippen molar-refractivity contribution in [2.45, 2.75) is 18.6 Å². The summed E-state index contributed by atoms with van der Waals surface area (Å²) in [5, 5.41) is 5.09. The lowest BCUT2D eigenvalue weighted by molar-refractivity contribution is -0.137. The van der Waals surface area contributed by atoms with Gasteiger partial charge in [-0.3, -0.25) is 9.59 Å². The number of benzene rings is 2. The highest BCUT2D eigenvalue weighted by atomic mass is 35.5. The summed E-state index contributed by atoms with van der Waals surface area (Å²) < 4.78 is 52.0. The number of rotatable bonds is 4. The second-order valence-electron chi connectivity index (χ2n) is 6.44. The van der Waals surface area contributed by atoms with Gasteiger partial charge in [0, 0.05) is 13.0 Å². The summed E-state index contributed by atoms with van der Waals surface area (Å²) in [4.78, 5) is 23.9. The molecule has 0 bridgehead atoms. The van der Waals surface area contributed by atoms with E-state index in [1.165, 1.54) is 24.3 Å². The molecule has 2 aromatic carbocycles. The molecule has 2 aromatic rings. The second-order valence-corrected chi connectivity index (χ2v) is 6.85. The zero-order chi connectivity index (χ0) is 20.5. The standard InChI is InChI=1S/C19H15ClF4N2O2/c20-14-7-11(3-6-15(14)21)17(26-18(28)12-8-16(27)25-9-12)10-1-4-13(5-2-10)19(22,23)24/h1-7,12,17H,8-9H2,(H,25,27)(H,26,28)/t12?,17-/m1/s1. The third-order valence-corrected chi connectivity index (χ3v) is 4.77. The summed E-state index contributed by atoms with van der Waals surface area (Å²) in [6.07, 6.45) is -4.47. The van der Waals surface area contributed by atoms with Crippen LogP contribution in [0.4, 0.5) is 17.6 Å². The molecule has 9 heteroatoms. The van der Waals surface area contributed by atoms with Gasteiger partial charge in [-0.15, -0.1) is 0 Å². The predicted molar refractivity (Wildman–Crippen MR) is 94.0 cm³/mol. The maximum atomic E-state index is 13.5. The zero-order valence-corrected chi connectivity index (χ0v) is 15.1. The average molecular weight is 415 g/mol. The highest BCUT2D eigenvalue weighted by molar-refractivity contribution is 6.30. The van der Waals surface area contributed by atoms with Gasteiger partial charge < -0.3 is 10.6 Å². The van der Waals surface area contributed by atoms with Crippen LogP contribution in [-0.4, -0.2) is 18.4 Å². The van der Waals surface area contributed by atoms with Gasteiger partial charge in [-0.2, -0.15) is 13.2 Å². The second kappa shape index (κ2) is 7.79. The molecule has 1 aliphatic rings. The van der Waals surface area contributed by atoms with Crippen molar-refractivity contribution in [1.82, 2.24) is 10.6 Å². The molecule has 2 N–H and O–H groups in total. The fourth-order valence-corrected chi connectivity index (χ4v) is 3.16. The first-order chi connectivity index (χ1) is 13.1. The van der Waals surface area contributed by atoms with Gasteiger partial charge in [-0.25, -0.2) is 4.39 Å². The van der Waals surface area contributed by atoms with Crippen molar-refractivity contribution in [3.05, 3.63) is 70.0 Å². The Morgan fingerprint density at radius 2 is 1.79 bits per heavy atom. The molecule has 28 heavy (non-hydrogen) atoms. The van der Waals surface area contributed by atoms with Gasteiger partial charge in [0.2, 0.25) is 11.8 Å². The zero-order valence-electron chi connectivity index (χ0n) is 14.3. The predicted octanol–water partition coefficient (Wildman–Crippen LogP) is 3.84. The maximum Gasteiger partial charge on any atom is 0.416 e. The van der Waals surface area contributed by atoms with Crippen molar-refractivity contribution in [3.63, 3.8) is 0 Å². The Kier molecular flexibility index (Phi) is 5.60. The lowest BCUT2D eigenvalue weighted by Gasteiger charge is -2.22. The summed E-state index contributed by atoms with van der Waals surface area (Å²) in [5.41, 5.74) is -0.0675. The third-order valence-electron chi connectivity index (χ3n) is 4.48. The first kappa shape index (κ1) is 20.1. The summed E-state index contributed by atoms with van der Waals surface area (Å²) >= 11 is 5.82. The molecule has 148 valence electrons. The molecule has 3 rings (SSSR count). The molecule has 0 aromatic heterocycles. The van der Waals surface area contributed by atoms with E-state index in [1.807, 2.05) is 0 Å². The Hall–Kier alpha value is -2.61. The van der Waals surface area contributed by atoms with Crippen LogP contribution in [0.3, 0.4) is 0 Å². The van der Waals surface area contributed by atoms with E-state index >= 15 is 0 Å². The van der Waals surface area contributed by atoms with E-state index in [-0.39, 0.29) is 23.9 Å². The monoisotopic (exact) mass is 414 g/mol. The Morgan fingerprint density at radius 1 is 1.14 bits per heavy atom. The Bertz CT molecular complexity index is 900. The first-order valence-corrected chi connectivity index (χ1v) is 8.72. The van der Waals surface area contributed by atoms with Gasteiger partial charge in [0.15, 0.2) is 0 Å². The molecule has 1 saturated heterocycles. The summed E-state index contributed by atoms with van der Waals surface area (Å²) in [7, 11) is 0. The lowest BCUT2D eigenvalue weighted by atomic mass is 9.96. The average Bonchev–Trinajstić information content (AvgIpc) is 3.08. The number of amides is 2. The highest BCUT2D eigenvalue weighted by Gasteiger charge is 2.32. The minimum absolute atomic E-state index is 0.0236. The van der Waals surface area contributed by atoms with Crippen molar-refractivity contribution in [1.29, 1.82) is 0 Å². The fraction of sp³-hybridized carbons (Fsp3) is 0.263. The Labute approximate surface area is 162 Å². The van der Waals surface area contributed by atoms with Crippen LogP contribution in [0.2, 0.25) is 5.02 Å². The molecular formula is C19H15ClF4N2O2. The lowest BCUT2D eigenvalue weighted by Crippen LogP contribution is -2.35. The van der Waals surface area contributed by atoms with Crippen LogP contribution < -0.4 is 10.6 Å². The summed E-state index contributed by atoms with van der Waals surface area (Å²) in [6.45, 7) is 0.175. The minimum atomic E-state index is -4.49. The van der Waals surface area contributed by atoms with Gasteiger partial charge >= 0.3 is 6.18 Å². The van der Waals surface area contributed by atoms with Crippen molar-refractivity contribution < 1.29 is 27.2 Å². The maximum absolute atomic E-state index is 13.5. The van der Waals surface area contributed by atoms with E-state index < -0.39 is 35.4 Å². The van der Waals surface area contributed by atoms with Gasteiger partial charge in [-0.05, 0) is 35.4 Å². The van der Waals surface area contributed by atoms with Crippen molar-refractivity contribution in [2.75, 3.05) is 6.54 Å². The van der Waals surface area contributed by atoms with Crippen molar-refractivity contribution >= 4 is 23.4 Å². The highest BCUT2D eigenvalue weighted by Crippen LogP contribution is 2.32. The summed E-state index contributed by atoms with van der Waals surface area (Å²) in [5.74, 6) is -1.95. The van der Waals surface area contributed by atoms with Gasteiger partial charge in [-0.1, -0.05) is 29.8 Å². The number of halogens is 5. The first-order valence-electron chi connectivity index (χ1n) is 8.34. The van der Waals surface area contributed by atoms with Gasteiger partial charge in [0.05, 0.1) is 22.5 Å². The van der Waals surface area contributed by atoms with E-state index in [0.717, 1.165) is 18.2 Å².